The molecule has 1 aliphatic rings. The number of nitrogens with one attached hydrogen (secondary N) is 1. The van der Waals surface area contributed by atoms with Gasteiger partial charge in [-0.3, -0.25) is 0 Å². The van der Waals surface area contributed by atoms with E-state index in [-0.39, 0.29) is 17.8 Å². The van der Waals surface area contributed by atoms with Gasteiger partial charge in [-0.1, -0.05) is 0 Å². The smallest absolute Gasteiger partial charge is 0.214 e. The third-order valence-electron chi connectivity index (χ3n) is 2.82. The molecule has 16 heavy (non-hydrogen) atoms. The molecule has 0 aliphatic carbocycles. The van der Waals surface area contributed by atoms with E-state index in [1.165, 1.54) is 0 Å². The molecule has 0 radical (unpaired) electrons. The highest BCUT2D eigenvalue weighted by atomic mass is 32.2. The van der Waals surface area contributed by atoms with Gasteiger partial charge in [-0.25, -0.2) is 8.42 Å². The average molecular weight is 250 g/mol. The van der Waals surface area contributed by atoms with Crippen LogP contribution < -0.4 is 5.32 Å². The predicted octanol–water partition coefficient (Wildman–Crippen LogP) is 0.0349. The van der Waals surface area contributed by atoms with Gasteiger partial charge in [0.2, 0.25) is 10.0 Å². The van der Waals surface area contributed by atoms with Crippen molar-refractivity contribution in [2.45, 2.75) is 32.4 Å². The molecule has 0 amide bonds. The largest absolute Gasteiger partial charge is 0.385 e. The van der Waals surface area contributed by atoms with E-state index in [1.807, 2.05) is 13.8 Å². The number of piperazine rings is 1. The molecule has 5 nitrogen and oxygen atoms in total. The Bertz CT molecular complexity index is 295. The second kappa shape index (κ2) is 5.95. The number of hydrogen-bond acceptors (Lipinski definition) is 4. The summed E-state index contributed by atoms with van der Waals surface area (Å²) < 4.78 is 30.8. The highest BCUT2D eigenvalue weighted by molar-refractivity contribution is 7.89. The first kappa shape index (κ1) is 13.9. The summed E-state index contributed by atoms with van der Waals surface area (Å²) in [5, 5.41) is 3.22. The van der Waals surface area contributed by atoms with E-state index in [9.17, 15) is 8.42 Å². The summed E-state index contributed by atoms with van der Waals surface area (Å²) in [6.45, 7) is 5.84. The van der Waals surface area contributed by atoms with Gasteiger partial charge in [-0.2, -0.15) is 4.31 Å². The van der Waals surface area contributed by atoms with Crippen LogP contribution in [0.25, 0.3) is 0 Å². The summed E-state index contributed by atoms with van der Waals surface area (Å²) in [5.41, 5.74) is 0. The van der Waals surface area contributed by atoms with Gasteiger partial charge in [0, 0.05) is 38.9 Å². The fourth-order valence-corrected chi connectivity index (χ4v) is 4.09. The van der Waals surface area contributed by atoms with Crippen molar-refractivity contribution in [2.75, 3.05) is 32.6 Å². The summed E-state index contributed by atoms with van der Waals surface area (Å²) >= 11 is 0. The third-order valence-corrected chi connectivity index (χ3v) is 4.99. The second-order valence-corrected chi connectivity index (χ2v) is 6.34. The first-order valence-corrected chi connectivity index (χ1v) is 7.31. The average Bonchev–Trinajstić information content (AvgIpc) is 2.17. The van der Waals surface area contributed by atoms with Gasteiger partial charge in [-0.05, 0) is 20.3 Å². The molecule has 1 heterocycles. The van der Waals surface area contributed by atoms with E-state index in [1.54, 1.807) is 11.4 Å². The molecule has 2 unspecified atom stereocenters. The Morgan fingerprint density at radius 1 is 1.31 bits per heavy atom. The van der Waals surface area contributed by atoms with Crippen LogP contribution in [0.1, 0.15) is 20.3 Å². The second-order valence-electron chi connectivity index (χ2n) is 4.35. The van der Waals surface area contributed by atoms with Crippen LogP contribution in [0, 0.1) is 0 Å². The highest BCUT2D eigenvalue weighted by Crippen LogP contribution is 2.16. The Labute approximate surface area is 98.2 Å². The monoisotopic (exact) mass is 250 g/mol. The van der Waals surface area contributed by atoms with Crippen LogP contribution in [0.3, 0.4) is 0 Å². The van der Waals surface area contributed by atoms with Gasteiger partial charge in [0.25, 0.3) is 0 Å². The molecule has 0 aromatic rings. The molecule has 2 atom stereocenters. The first-order chi connectivity index (χ1) is 7.49. The van der Waals surface area contributed by atoms with Crippen LogP contribution in [-0.4, -0.2) is 57.4 Å². The van der Waals surface area contributed by atoms with Crippen molar-refractivity contribution in [3.8, 4) is 0 Å². The molecule has 0 saturated carbocycles. The SMILES string of the molecule is COCCCS(=O)(=O)N1C(C)CNCC1C. The molecule has 1 fully saturated rings. The molecule has 0 spiro atoms. The standard InChI is InChI=1S/C10H22N2O3S/c1-9-7-11-8-10(2)12(9)16(13,14)6-4-5-15-3/h9-11H,4-8H2,1-3H3. The molecule has 0 aromatic heterocycles. The molecule has 0 aromatic carbocycles. The fourth-order valence-electron chi connectivity index (χ4n) is 2.15. The fraction of sp³-hybridized carbons (Fsp3) is 1.00. The minimum Gasteiger partial charge on any atom is -0.385 e. The number of ether oxygens (including phenoxy) is 1. The predicted molar refractivity (Wildman–Crippen MR) is 63.9 cm³/mol. The Hall–Kier alpha value is -0.170. The molecule has 1 aliphatic heterocycles. The first-order valence-electron chi connectivity index (χ1n) is 5.70. The summed E-state index contributed by atoms with van der Waals surface area (Å²) in [6, 6.07) is 0.0765. The van der Waals surface area contributed by atoms with Crippen LogP contribution >= 0.6 is 0 Å². The Morgan fingerprint density at radius 3 is 2.38 bits per heavy atom. The van der Waals surface area contributed by atoms with Gasteiger partial charge in [0.15, 0.2) is 0 Å². The minimum atomic E-state index is -3.14. The Morgan fingerprint density at radius 2 is 1.88 bits per heavy atom. The van der Waals surface area contributed by atoms with Crippen LogP contribution in [0.5, 0.6) is 0 Å². The van der Waals surface area contributed by atoms with E-state index in [0.717, 1.165) is 13.1 Å². The molecular formula is C10H22N2O3S. The van der Waals surface area contributed by atoms with Crippen molar-refractivity contribution in [3.05, 3.63) is 0 Å². The number of hydrogen-bond donors (Lipinski definition) is 1. The molecule has 6 heteroatoms. The van der Waals surface area contributed by atoms with Gasteiger partial charge in [0.05, 0.1) is 5.75 Å². The number of nitrogens with zero attached hydrogens (tertiary/aromatic N) is 1. The topological polar surface area (TPSA) is 58.6 Å². The van der Waals surface area contributed by atoms with Crippen molar-refractivity contribution in [3.63, 3.8) is 0 Å². The number of methoxy groups -OCH3 is 1. The van der Waals surface area contributed by atoms with E-state index in [2.05, 4.69) is 5.32 Å². The normalized spacial score (nSPS) is 28.2. The van der Waals surface area contributed by atoms with Crippen molar-refractivity contribution in [1.29, 1.82) is 0 Å². The third kappa shape index (κ3) is 3.41. The molecule has 1 saturated heterocycles. The molecule has 1 rings (SSSR count). The number of rotatable bonds is 5. The Kier molecular flexibility index (Phi) is 5.17. The van der Waals surface area contributed by atoms with Gasteiger partial charge >= 0.3 is 0 Å². The zero-order chi connectivity index (χ0) is 12.2. The zero-order valence-corrected chi connectivity index (χ0v) is 11.1. The van der Waals surface area contributed by atoms with E-state index < -0.39 is 10.0 Å². The zero-order valence-electron chi connectivity index (χ0n) is 10.3. The maximum absolute atomic E-state index is 12.1. The lowest BCUT2D eigenvalue weighted by Gasteiger charge is -2.38. The van der Waals surface area contributed by atoms with E-state index in [0.29, 0.717) is 13.0 Å². The minimum absolute atomic E-state index is 0.0382. The van der Waals surface area contributed by atoms with E-state index in [4.69, 9.17) is 4.74 Å². The van der Waals surface area contributed by atoms with Crippen LogP contribution in [0.4, 0.5) is 0 Å². The summed E-state index contributed by atoms with van der Waals surface area (Å²) in [6.07, 6.45) is 0.558. The van der Waals surface area contributed by atoms with Crippen molar-refractivity contribution >= 4 is 10.0 Å². The quantitative estimate of drug-likeness (QED) is 0.700. The van der Waals surface area contributed by atoms with Crippen LogP contribution in [0.2, 0.25) is 0 Å². The van der Waals surface area contributed by atoms with Crippen molar-refractivity contribution in [2.24, 2.45) is 0 Å². The van der Waals surface area contributed by atoms with Crippen LogP contribution in [-0.2, 0) is 14.8 Å². The maximum Gasteiger partial charge on any atom is 0.214 e. The van der Waals surface area contributed by atoms with Crippen molar-refractivity contribution < 1.29 is 13.2 Å². The molecular weight excluding hydrogens is 228 g/mol. The van der Waals surface area contributed by atoms with Gasteiger partial charge in [0.1, 0.15) is 0 Å². The van der Waals surface area contributed by atoms with Crippen LogP contribution in [0.15, 0.2) is 0 Å². The maximum atomic E-state index is 12.1. The molecule has 96 valence electrons. The van der Waals surface area contributed by atoms with Gasteiger partial charge in [-0.15, -0.1) is 0 Å². The number of sulfonamides is 1. The Balaban J connectivity index is 2.64. The lowest BCUT2D eigenvalue weighted by molar-refractivity contribution is 0.196. The molecule has 0 bridgehead atoms. The molecule has 1 N–H and O–H groups in total. The summed E-state index contributed by atoms with van der Waals surface area (Å²) in [4.78, 5) is 0. The summed E-state index contributed by atoms with van der Waals surface area (Å²) in [7, 11) is -1.55. The lowest BCUT2D eigenvalue weighted by Crippen LogP contribution is -2.57. The summed E-state index contributed by atoms with van der Waals surface area (Å²) in [5.74, 6) is 0.176. The van der Waals surface area contributed by atoms with E-state index >= 15 is 0 Å². The lowest BCUT2D eigenvalue weighted by atomic mass is 10.2. The highest BCUT2D eigenvalue weighted by Gasteiger charge is 2.33. The van der Waals surface area contributed by atoms with Crippen molar-refractivity contribution in [1.82, 2.24) is 9.62 Å². The van der Waals surface area contributed by atoms with Gasteiger partial charge < -0.3 is 10.1 Å².